The molecule has 9 rings (SSSR count). The fraction of sp³-hybridized carbons (Fsp3) is 0. The fourth-order valence-electron chi connectivity index (χ4n) is 6.89. The van der Waals surface area contributed by atoms with Crippen LogP contribution in [0.3, 0.4) is 0 Å². The molecule has 0 saturated heterocycles. The minimum atomic E-state index is 1.08. The molecule has 3 heteroatoms. The minimum Gasteiger partial charge on any atom is -0.309 e. The van der Waals surface area contributed by atoms with Gasteiger partial charge in [-0.2, -0.15) is 0 Å². The molecule has 0 amide bonds. The van der Waals surface area contributed by atoms with Crippen LogP contribution in [0.5, 0.6) is 0 Å². The lowest BCUT2D eigenvalue weighted by Crippen LogP contribution is -1.93. The van der Waals surface area contributed by atoms with Crippen LogP contribution in [-0.2, 0) is 0 Å². The Kier molecular flexibility index (Phi) is 6.00. The number of aromatic nitrogens is 2. The molecular weight excluding hydrogens is 612 g/mol. The van der Waals surface area contributed by atoms with Gasteiger partial charge in [0.1, 0.15) is 0 Å². The second-order valence-corrected chi connectivity index (χ2v) is 12.5. The zero-order valence-electron chi connectivity index (χ0n) is 24.4. The Morgan fingerprint density at radius 3 is 1.27 bits per heavy atom. The lowest BCUT2D eigenvalue weighted by atomic mass is 9.98. The zero-order valence-corrected chi connectivity index (χ0v) is 25.9. The van der Waals surface area contributed by atoms with E-state index in [4.69, 9.17) is 0 Å². The molecule has 2 aromatic heterocycles. The maximum Gasteiger partial charge on any atom is 0.0541 e. The first-order valence-corrected chi connectivity index (χ1v) is 16.0. The Bertz CT molecular complexity index is 2520. The van der Waals surface area contributed by atoms with Crippen molar-refractivity contribution in [1.82, 2.24) is 9.13 Å². The molecular formula is C42H27BrN2. The molecule has 0 unspecified atom stereocenters. The van der Waals surface area contributed by atoms with Crippen molar-refractivity contribution in [2.75, 3.05) is 0 Å². The number of hydrogen-bond donors (Lipinski definition) is 0. The van der Waals surface area contributed by atoms with E-state index in [1.54, 1.807) is 0 Å². The molecule has 9 aromatic rings. The monoisotopic (exact) mass is 638 g/mol. The number of hydrogen-bond acceptors (Lipinski definition) is 0. The smallest absolute Gasteiger partial charge is 0.0541 e. The molecule has 2 nitrogen and oxygen atoms in total. The summed E-state index contributed by atoms with van der Waals surface area (Å²) in [4.78, 5) is 0. The van der Waals surface area contributed by atoms with Crippen molar-refractivity contribution < 1.29 is 0 Å². The molecule has 0 bridgehead atoms. The van der Waals surface area contributed by atoms with Crippen LogP contribution in [0.2, 0.25) is 0 Å². The van der Waals surface area contributed by atoms with Gasteiger partial charge in [-0.25, -0.2) is 0 Å². The molecule has 0 N–H and O–H groups in total. The van der Waals surface area contributed by atoms with Gasteiger partial charge in [-0.1, -0.05) is 107 Å². The highest BCUT2D eigenvalue weighted by Crippen LogP contribution is 2.38. The van der Waals surface area contributed by atoms with Gasteiger partial charge in [-0.3, -0.25) is 0 Å². The average Bonchev–Trinajstić information content (AvgIpc) is 3.61. The van der Waals surface area contributed by atoms with Crippen LogP contribution < -0.4 is 0 Å². The summed E-state index contributed by atoms with van der Waals surface area (Å²) in [6.07, 6.45) is 0. The molecule has 0 aliphatic carbocycles. The summed E-state index contributed by atoms with van der Waals surface area (Å²) in [5.41, 5.74) is 12.0. The van der Waals surface area contributed by atoms with Crippen LogP contribution in [0, 0.1) is 0 Å². The lowest BCUT2D eigenvalue weighted by Gasteiger charge is -2.09. The van der Waals surface area contributed by atoms with E-state index in [0.717, 1.165) is 4.47 Å². The van der Waals surface area contributed by atoms with Gasteiger partial charge in [0.2, 0.25) is 0 Å². The number of halogens is 1. The molecule has 0 spiro atoms. The van der Waals surface area contributed by atoms with Crippen molar-refractivity contribution in [1.29, 1.82) is 0 Å². The summed E-state index contributed by atoms with van der Waals surface area (Å²) in [6, 6.07) is 59.2. The van der Waals surface area contributed by atoms with E-state index in [9.17, 15) is 0 Å². The standard InChI is InChI=1S/C42H27BrN2/c43-32-21-24-42-38(27-32)37-26-31(20-23-41(37)45(42)34-11-5-2-6-12-34)29-17-15-28(16-18-29)30-19-22-40-36(25-30)35-13-7-8-14-39(35)44(40)33-9-3-1-4-10-33/h1-27H. The number of benzene rings is 7. The molecule has 0 saturated carbocycles. The second kappa shape index (κ2) is 10.4. The van der Waals surface area contributed by atoms with Crippen molar-refractivity contribution in [3.63, 3.8) is 0 Å². The van der Waals surface area contributed by atoms with Gasteiger partial charge in [0.05, 0.1) is 22.1 Å². The average molecular weight is 640 g/mol. The molecule has 0 fully saturated rings. The third-order valence-electron chi connectivity index (χ3n) is 8.98. The number of nitrogens with zero attached hydrogens (tertiary/aromatic N) is 2. The summed E-state index contributed by atoms with van der Waals surface area (Å²) in [5.74, 6) is 0. The van der Waals surface area contributed by atoms with E-state index in [-0.39, 0.29) is 0 Å². The van der Waals surface area contributed by atoms with E-state index in [1.807, 2.05) is 0 Å². The molecule has 7 aromatic carbocycles. The van der Waals surface area contributed by atoms with Crippen molar-refractivity contribution in [2.45, 2.75) is 0 Å². The van der Waals surface area contributed by atoms with Crippen LogP contribution in [0.25, 0.3) is 77.2 Å². The molecule has 212 valence electrons. The predicted molar refractivity (Wildman–Crippen MR) is 194 cm³/mol. The van der Waals surface area contributed by atoms with Crippen molar-refractivity contribution in [2.24, 2.45) is 0 Å². The summed E-state index contributed by atoms with van der Waals surface area (Å²) < 4.78 is 5.80. The summed E-state index contributed by atoms with van der Waals surface area (Å²) in [7, 11) is 0. The normalized spacial score (nSPS) is 11.7. The van der Waals surface area contributed by atoms with Crippen LogP contribution in [0.4, 0.5) is 0 Å². The first-order valence-electron chi connectivity index (χ1n) is 15.2. The Labute approximate surface area is 269 Å². The van der Waals surface area contributed by atoms with Gasteiger partial charge in [-0.15, -0.1) is 0 Å². The van der Waals surface area contributed by atoms with E-state index < -0.39 is 0 Å². The third kappa shape index (κ3) is 4.23. The number of fused-ring (bicyclic) bond motifs is 6. The van der Waals surface area contributed by atoms with Gasteiger partial charge in [0.15, 0.2) is 0 Å². The number of rotatable bonds is 4. The van der Waals surface area contributed by atoms with E-state index in [2.05, 4.69) is 189 Å². The highest BCUT2D eigenvalue weighted by Gasteiger charge is 2.15. The van der Waals surface area contributed by atoms with Crippen molar-refractivity contribution in [3.05, 3.63) is 168 Å². The molecule has 0 atom stereocenters. The maximum absolute atomic E-state index is 3.71. The van der Waals surface area contributed by atoms with E-state index in [0.29, 0.717) is 0 Å². The van der Waals surface area contributed by atoms with Gasteiger partial charge >= 0.3 is 0 Å². The van der Waals surface area contributed by atoms with Gasteiger partial charge in [-0.05, 0) is 95.1 Å². The third-order valence-corrected chi connectivity index (χ3v) is 9.47. The van der Waals surface area contributed by atoms with Crippen LogP contribution in [0.15, 0.2) is 168 Å². The van der Waals surface area contributed by atoms with E-state index >= 15 is 0 Å². The topological polar surface area (TPSA) is 9.86 Å². The molecule has 0 aliphatic rings. The van der Waals surface area contributed by atoms with Crippen molar-refractivity contribution >= 4 is 59.5 Å². The fourth-order valence-corrected chi connectivity index (χ4v) is 7.25. The first-order chi connectivity index (χ1) is 22.2. The molecule has 0 aliphatic heterocycles. The summed E-state index contributed by atoms with van der Waals surface area (Å²) in [5, 5.41) is 5.02. The van der Waals surface area contributed by atoms with Crippen LogP contribution in [0.1, 0.15) is 0 Å². The van der Waals surface area contributed by atoms with Crippen LogP contribution in [-0.4, -0.2) is 9.13 Å². The Balaban J connectivity index is 1.13. The van der Waals surface area contributed by atoms with Crippen molar-refractivity contribution in [3.8, 4) is 33.6 Å². The maximum atomic E-state index is 3.71. The Morgan fingerprint density at radius 1 is 0.311 bits per heavy atom. The number of para-hydroxylation sites is 3. The minimum absolute atomic E-state index is 1.08. The summed E-state index contributed by atoms with van der Waals surface area (Å²) in [6.45, 7) is 0. The zero-order chi connectivity index (χ0) is 29.9. The second-order valence-electron chi connectivity index (χ2n) is 11.6. The molecule has 0 radical (unpaired) electrons. The van der Waals surface area contributed by atoms with Crippen LogP contribution >= 0.6 is 15.9 Å². The Hall–Kier alpha value is -5.38. The van der Waals surface area contributed by atoms with Gasteiger partial charge in [0.25, 0.3) is 0 Å². The highest BCUT2D eigenvalue weighted by atomic mass is 79.9. The van der Waals surface area contributed by atoms with E-state index in [1.165, 1.54) is 77.2 Å². The lowest BCUT2D eigenvalue weighted by molar-refractivity contribution is 1.18. The largest absolute Gasteiger partial charge is 0.309 e. The summed E-state index contributed by atoms with van der Waals surface area (Å²) >= 11 is 3.71. The molecule has 45 heavy (non-hydrogen) atoms. The van der Waals surface area contributed by atoms with Gasteiger partial charge < -0.3 is 9.13 Å². The highest BCUT2D eigenvalue weighted by molar-refractivity contribution is 9.10. The molecule has 2 heterocycles. The SMILES string of the molecule is Brc1ccc2c(c1)c1cc(-c3ccc(-c4ccc5c(c4)c4ccccc4n5-c4ccccc4)cc3)ccc1n2-c1ccccc1. The first kappa shape index (κ1) is 26.1. The van der Waals surface area contributed by atoms with Gasteiger partial charge in [0, 0.05) is 37.4 Å². The Morgan fingerprint density at radius 2 is 0.711 bits per heavy atom. The quantitative estimate of drug-likeness (QED) is 0.181. The predicted octanol–water partition coefficient (Wildman–Crippen LogP) is 12.0.